The monoisotopic (exact) mass is 342 g/mol. The fourth-order valence-electron chi connectivity index (χ4n) is 1.27. The van der Waals surface area contributed by atoms with Gasteiger partial charge in [-0.2, -0.15) is 0 Å². The van der Waals surface area contributed by atoms with Gasteiger partial charge in [-0.05, 0) is 0 Å². The average molecular weight is 342 g/mol. The van der Waals surface area contributed by atoms with Crippen LogP contribution in [0, 0.1) is 34.2 Å². The molecule has 0 radical (unpaired) electrons. The Hall–Kier alpha value is 1.66. The second kappa shape index (κ2) is 10.7. The van der Waals surface area contributed by atoms with E-state index in [4.69, 9.17) is 0 Å². The van der Waals surface area contributed by atoms with Gasteiger partial charge in [-0.1, -0.05) is 0 Å². The molecule has 80 valence electrons. The summed E-state index contributed by atoms with van der Waals surface area (Å²) in [5, 5.41) is 0. The predicted octanol–water partition coefficient (Wildman–Crippen LogP) is 4.27. The molecule has 0 spiro atoms. The van der Waals surface area contributed by atoms with Crippen LogP contribution in [0.25, 0.3) is 0 Å². The van der Waals surface area contributed by atoms with E-state index in [1.54, 1.807) is 0 Å². The Morgan fingerprint density at radius 2 is 1.67 bits per heavy atom. The Morgan fingerprint density at radius 3 is 2.25 bits per heavy atom. The van der Waals surface area contributed by atoms with Crippen LogP contribution >= 0.6 is 4.14 Å². The van der Waals surface area contributed by atoms with Gasteiger partial charge in [-0.3, -0.25) is 0 Å². The molecule has 0 aliphatic carbocycles. The number of hydrogen-bond donors (Lipinski definition) is 0. The van der Waals surface area contributed by atoms with Crippen LogP contribution in [0.3, 0.4) is 0 Å². The first-order chi connectivity index (χ1) is 5.81. The topological polar surface area (TPSA) is 0 Å². The van der Waals surface area contributed by atoms with Crippen LogP contribution in [0.2, 0.25) is 0 Å². The van der Waals surface area contributed by atoms with Gasteiger partial charge in [0.1, 0.15) is 0 Å². The zero-order chi connectivity index (χ0) is 9.23. The standard InChI is InChI=1S/C10H22P.Tm/c1-3-4-5-6-7-8-9-10(2)11;/h10-11H,3-9H2,1-2H3;/q-1;+1. The van der Waals surface area contributed by atoms with E-state index >= 15 is 0 Å². The van der Waals surface area contributed by atoms with Gasteiger partial charge in [-0.25, -0.2) is 0 Å². The molecule has 0 saturated carbocycles. The van der Waals surface area contributed by atoms with Gasteiger partial charge in [0.05, 0.1) is 0 Å². The second-order valence-electron chi connectivity index (χ2n) is 3.54. The van der Waals surface area contributed by atoms with Crippen molar-refractivity contribution in [2.45, 2.75) is 64.5 Å². The van der Waals surface area contributed by atoms with Gasteiger partial charge in [0.25, 0.3) is 0 Å². The fourth-order valence-corrected chi connectivity index (χ4v) is 2.33. The van der Waals surface area contributed by atoms with E-state index in [1.165, 1.54) is 44.9 Å². The van der Waals surface area contributed by atoms with Crippen LogP contribution in [0.5, 0.6) is 0 Å². The van der Waals surface area contributed by atoms with Crippen LogP contribution < -0.4 is 0 Å². The molecule has 0 saturated heterocycles. The van der Waals surface area contributed by atoms with E-state index in [1.807, 2.05) is 0 Å². The summed E-state index contributed by atoms with van der Waals surface area (Å²) >= 11 is 3.04. The summed E-state index contributed by atoms with van der Waals surface area (Å²) in [5.41, 5.74) is 0.933. The third kappa shape index (κ3) is 9.75. The van der Waals surface area contributed by atoms with E-state index in [0.29, 0.717) is 0 Å². The predicted molar refractivity (Wildman–Crippen MR) is 55.8 cm³/mol. The van der Waals surface area contributed by atoms with Gasteiger partial charge in [-0.15, -0.1) is 0 Å². The molecule has 0 aromatic rings. The molecule has 0 N–H and O–H groups in total. The minimum absolute atomic E-state index is 0.933. The Morgan fingerprint density at radius 1 is 1.08 bits per heavy atom. The zero-order valence-electron chi connectivity index (χ0n) is 8.30. The van der Waals surface area contributed by atoms with E-state index in [0.717, 1.165) is 9.80 Å². The Balaban J connectivity index is 2.90. The first kappa shape index (κ1) is 13.7. The summed E-state index contributed by atoms with van der Waals surface area (Å²) in [7, 11) is 0. The summed E-state index contributed by atoms with van der Waals surface area (Å²) in [6, 6.07) is 0. The SMILES string of the molecule is CCCCCCCCC(C)[PH][Tm]. The molecule has 12 heavy (non-hydrogen) atoms. The first-order valence-electron chi connectivity index (χ1n) is 5.12. The molecule has 0 fully saturated rings. The first-order valence-corrected chi connectivity index (χ1v) is 8.64. The van der Waals surface area contributed by atoms with Crippen LogP contribution in [-0.4, -0.2) is 5.66 Å². The van der Waals surface area contributed by atoms with Gasteiger partial charge in [0.15, 0.2) is 0 Å². The number of rotatable bonds is 8. The maximum absolute atomic E-state index is 3.04. The molecule has 0 amide bonds. The summed E-state index contributed by atoms with van der Waals surface area (Å²) in [4.78, 5) is 0. The second-order valence-corrected chi connectivity index (χ2v) is 6.22. The summed E-state index contributed by atoms with van der Waals surface area (Å²) in [6.07, 6.45) is 10.0. The third-order valence-electron chi connectivity index (χ3n) is 2.13. The van der Waals surface area contributed by atoms with E-state index in [9.17, 15) is 0 Å². The van der Waals surface area contributed by atoms with Crippen molar-refractivity contribution in [1.82, 2.24) is 0 Å². The van der Waals surface area contributed by atoms with E-state index in [2.05, 4.69) is 48.1 Å². The average Bonchev–Trinajstić information content (AvgIpc) is 2.10. The molecule has 0 nitrogen and oxygen atoms in total. The third-order valence-corrected chi connectivity index (χ3v) is 5.32. The molecule has 0 aliphatic rings. The summed E-state index contributed by atoms with van der Waals surface area (Å²) in [5.74, 6) is 0. The maximum atomic E-state index is 3.04. The van der Waals surface area contributed by atoms with Crippen LogP contribution in [-0.2, 0) is 0 Å². The van der Waals surface area contributed by atoms with Crippen molar-refractivity contribution in [2.75, 3.05) is 0 Å². The molecule has 0 aliphatic heterocycles. The molecule has 0 aromatic carbocycles. The molecule has 0 aromatic heterocycles. The van der Waals surface area contributed by atoms with Crippen molar-refractivity contribution < 1.29 is 34.2 Å². The van der Waals surface area contributed by atoms with Crippen molar-refractivity contribution >= 4 is 4.14 Å². The number of unbranched alkanes of at least 4 members (excludes halogenated alkanes) is 5. The molecule has 0 heterocycles. The van der Waals surface area contributed by atoms with Crippen LogP contribution in [0.1, 0.15) is 58.8 Å². The summed E-state index contributed by atoms with van der Waals surface area (Å²) < 4.78 is 1.03. The molecule has 2 unspecified atom stereocenters. The van der Waals surface area contributed by atoms with E-state index < -0.39 is 0 Å². The van der Waals surface area contributed by atoms with Gasteiger partial charge < -0.3 is 0 Å². The molecule has 0 rings (SSSR count). The quantitative estimate of drug-likeness (QED) is 0.457. The van der Waals surface area contributed by atoms with Crippen molar-refractivity contribution in [3.63, 3.8) is 0 Å². The molecular weight excluding hydrogens is 320 g/mol. The molecular formula is C10H22PTm. The Labute approximate surface area is 102 Å². The summed E-state index contributed by atoms with van der Waals surface area (Å²) in [6.45, 7) is 4.63. The number of hydrogen-bond acceptors (Lipinski definition) is 0. The molecule has 2 atom stereocenters. The van der Waals surface area contributed by atoms with Crippen LogP contribution in [0.15, 0.2) is 0 Å². The van der Waals surface area contributed by atoms with Gasteiger partial charge in [0.2, 0.25) is 0 Å². The van der Waals surface area contributed by atoms with Gasteiger partial charge in [0, 0.05) is 0 Å². The Bertz CT molecular complexity index is 85.9. The van der Waals surface area contributed by atoms with Crippen molar-refractivity contribution in [3.05, 3.63) is 0 Å². The van der Waals surface area contributed by atoms with Gasteiger partial charge >= 0.3 is 103 Å². The Kier molecular flexibility index (Phi) is 12.2. The van der Waals surface area contributed by atoms with Crippen molar-refractivity contribution in [2.24, 2.45) is 0 Å². The molecule has 2 heteroatoms. The zero-order valence-corrected chi connectivity index (χ0v) is 11.1. The molecule has 0 bridgehead atoms. The minimum atomic E-state index is 0.933. The van der Waals surface area contributed by atoms with Crippen molar-refractivity contribution in [3.8, 4) is 0 Å². The fraction of sp³-hybridized carbons (Fsp3) is 1.00. The normalized spacial score (nSPS) is 14.3. The van der Waals surface area contributed by atoms with E-state index in [-0.39, 0.29) is 0 Å². The van der Waals surface area contributed by atoms with Crippen molar-refractivity contribution in [1.29, 1.82) is 0 Å². The van der Waals surface area contributed by atoms with Crippen LogP contribution in [0.4, 0.5) is 0 Å².